The molecular weight excluding hydrogens is 326 g/mol. The Balaban J connectivity index is 1.70. The van der Waals surface area contributed by atoms with Crippen molar-refractivity contribution in [1.82, 2.24) is 15.0 Å². The predicted molar refractivity (Wildman–Crippen MR) is 102 cm³/mol. The lowest BCUT2D eigenvalue weighted by molar-refractivity contribution is 0.102. The van der Waals surface area contributed by atoms with Crippen LogP contribution in [0.4, 0.5) is 11.6 Å². The lowest BCUT2D eigenvalue weighted by Crippen LogP contribution is -2.16. The fourth-order valence-corrected chi connectivity index (χ4v) is 2.46. The number of benzene rings is 1. The van der Waals surface area contributed by atoms with E-state index in [2.05, 4.69) is 32.5 Å². The average Bonchev–Trinajstić information content (AvgIpc) is 2.67. The third kappa shape index (κ3) is 4.63. The minimum absolute atomic E-state index is 0.258. The standard InChI is InChI=1S/C20H21N5O/c1-3-15-4-6-17(7-5-15)24-19(26)18-12-14(2)23-20(25-18)22-13-16-8-10-21-11-9-16/h4-12H,3,13H2,1-2H3,(H,24,26)(H,22,23,25). The van der Waals surface area contributed by atoms with Gasteiger partial charge in [-0.3, -0.25) is 9.78 Å². The first-order chi connectivity index (χ1) is 12.6. The molecule has 26 heavy (non-hydrogen) atoms. The van der Waals surface area contributed by atoms with Crippen molar-refractivity contribution in [3.05, 3.63) is 77.4 Å². The SMILES string of the molecule is CCc1ccc(NC(=O)c2cc(C)nc(NCc3ccncc3)n2)cc1. The molecule has 132 valence electrons. The van der Waals surface area contributed by atoms with Crippen molar-refractivity contribution in [1.29, 1.82) is 0 Å². The number of aryl methyl sites for hydroxylation is 2. The molecule has 3 rings (SSSR count). The number of nitrogens with one attached hydrogen (secondary N) is 2. The molecule has 0 aliphatic heterocycles. The predicted octanol–water partition coefficient (Wildman–Crippen LogP) is 3.61. The first-order valence-corrected chi connectivity index (χ1v) is 8.53. The van der Waals surface area contributed by atoms with Crippen LogP contribution in [-0.2, 0) is 13.0 Å². The average molecular weight is 347 g/mol. The Labute approximate surface area is 152 Å². The zero-order valence-electron chi connectivity index (χ0n) is 14.9. The van der Waals surface area contributed by atoms with Crippen LogP contribution in [-0.4, -0.2) is 20.9 Å². The minimum Gasteiger partial charge on any atom is -0.350 e. The molecule has 3 aromatic rings. The second kappa shape index (κ2) is 8.20. The smallest absolute Gasteiger partial charge is 0.274 e. The molecule has 0 fully saturated rings. The van der Waals surface area contributed by atoms with Gasteiger partial charge in [-0.05, 0) is 54.8 Å². The van der Waals surface area contributed by atoms with E-state index in [-0.39, 0.29) is 5.91 Å². The van der Waals surface area contributed by atoms with Crippen LogP contribution < -0.4 is 10.6 Å². The molecule has 0 saturated carbocycles. The van der Waals surface area contributed by atoms with Gasteiger partial charge < -0.3 is 10.6 Å². The quantitative estimate of drug-likeness (QED) is 0.712. The molecule has 0 saturated heterocycles. The third-order valence-corrected chi connectivity index (χ3v) is 3.91. The molecule has 1 aromatic carbocycles. The lowest BCUT2D eigenvalue weighted by atomic mass is 10.1. The van der Waals surface area contributed by atoms with Gasteiger partial charge in [0, 0.05) is 30.3 Å². The molecule has 2 aromatic heterocycles. The van der Waals surface area contributed by atoms with E-state index in [4.69, 9.17) is 0 Å². The van der Waals surface area contributed by atoms with Crippen molar-refractivity contribution in [2.24, 2.45) is 0 Å². The summed E-state index contributed by atoms with van der Waals surface area (Å²) in [5.41, 5.74) is 4.09. The fraction of sp³-hybridized carbons (Fsp3) is 0.200. The zero-order chi connectivity index (χ0) is 18.4. The Morgan fingerprint density at radius 3 is 2.42 bits per heavy atom. The maximum Gasteiger partial charge on any atom is 0.274 e. The molecule has 0 spiro atoms. The number of hydrogen-bond acceptors (Lipinski definition) is 5. The van der Waals surface area contributed by atoms with Crippen molar-refractivity contribution in [2.45, 2.75) is 26.8 Å². The van der Waals surface area contributed by atoms with Gasteiger partial charge in [0.05, 0.1) is 0 Å². The molecule has 0 atom stereocenters. The molecular formula is C20H21N5O. The normalized spacial score (nSPS) is 10.4. The van der Waals surface area contributed by atoms with Gasteiger partial charge in [0.25, 0.3) is 5.91 Å². The summed E-state index contributed by atoms with van der Waals surface area (Å²) in [6.07, 6.45) is 4.43. The van der Waals surface area contributed by atoms with Crippen LogP contribution in [0.5, 0.6) is 0 Å². The van der Waals surface area contributed by atoms with E-state index in [0.717, 1.165) is 23.4 Å². The number of carbonyl (C=O) groups is 1. The summed E-state index contributed by atoms with van der Waals surface area (Å²) in [5, 5.41) is 6.02. The number of hydrogen-bond donors (Lipinski definition) is 2. The van der Waals surface area contributed by atoms with Crippen molar-refractivity contribution < 1.29 is 4.79 Å². The van der Waals surface area contributed by atoms with Crippen LogP contribution in [0.1, 0.15) is 34.2 Å². The van der Waals surface area contributed by atoms with Crippen LogP contribution >= 0.6 is 0 Å². The Morgan fingerprint density at radius 1 is 1.00 bits per heavy atom. The fourth-order valence-electron chi connectivity index (χ4n) is 2.46. The molecule has 0 unspecified atom stereocenters. The van der Waals surface area contributed by atoms with Crippen LogP contribution in [0, 0.1) is 6.92 Å². The molecule has 1 amide bonds. The topological polar surface area (TPSA) is 79.8 Å². The molecule has 0 aliphatic carbocycles. The Kier molecular flexibility index (Phi) is 5.53. The highest BCUT2D eigenvalue weighted by Gasteiger charge is 2.11. The molecule has 0 bridgehead atoms. The van der Waals surface area contributed by atoms with E-state index >= 15 is 0 Å². The number of pyridine rings is 1. The van der Waals surface area contributed by atoms with E-state index in [1.54, 1.807) is 18.5 Å². The first kappa shape index (κ1) is 17.5. The Morgan fingerprint density at radius 2 is 1.73 bits per heavy atom. The molecule has 0 aliphatic rings. The Bertz CT molecular complexity index is 878. The van der Waals surface area contributed by atoms with Crippen molar-refractivity contribution >= 4 is 17.5 Å². The maximum atomic E-state index is 12.5. The van der Waals surface area contributed by atoms with Crippen LogP contribution in [0.3, 0.4) is 0 Å². The van der Waals surface area contributed by atoms with E-state index in [9.17, 15) is 4.79 Å². The van der Waals surface area contributed by atoms with Crippen LogP contribution in [0.2, 0.25) is 0 Å². The number of amides is 1. The van der Waals surface area contributed by atoms with Gasteiger partial charge in [0.2, 0.25) is 5.95 Å². The van der Waals surface area contributed by atoms with E-state index in [1.165, 1.54) is 5.56 Å². The molecule has 6 heteroatoms. The summed E-state index contributed by atoms with van der Waals surface area (Å²) >= 11 is 0. The Hall–Kier alpha value is -3.28. The van der Waals surface area contributed by atoms with Crippen molar-refractivity contribution in [2.75, 3.05) is 10.6 Å². The number of carbonyl (C=O) groups excluding carboxylic acids is 1. The van der Waals surface area contributed by atoms with E-state index < -0.39 is 0 Å². The maximum absolute atomic E-state index is 12.5. The van der Waals surface area contributed by atoms with Gasteiger partial charge in [-0.2, -0.15) is 0 Å². The zero-order valence-corrected chi connectivity index (χ0v) is 14.9. The number of rotatable bonds is 6. The van der Waals surface area contributed by atoms with Gasteiger partial charge >= 0.3 is 0 Å². The monoisotopic (exact) mass is 347 g/mol. The summed E-state index contributed by atoms with van der Waals surface area (Å²) in [6.45, 7) is 4.50. The van der Waals surface area contributed by atoms with Crippen LogP contribution in [0.25, 0.3) is 0 Å². The summed E-state index contributed by atoms with van der Waals surface area (Å²) in [7, 11) is 0. The molecule has 6 nitrogen and oxygen atoms in total. The van der Waals surface area contributed by atoms with Gasteiger partial charge in [0.1, 0.15) is 5.69 Å². The van der Waals surface area contributed by atoms with Crippen molar-refractivity contribution in [3.8, 4) is 0 Å². The first-order valence-electron chi connectivity index (χ1n) is 8.53. The summed E-state index contributed by atoms with van der Waals surface area (Å²) < 4.78 is 0. The summed E-state index contributed by atoms with van der Waals surface area (Å²) in [6, 6.07) is 13.3. The van der Waals surface area contributed by atoms with Gasteiger partial charge in [-0.1, -0.05) is 19.1 Å². The van der Waals surface area contributed by atoms with Gasteiger partial charge in [0.15, 0.2) is 0 Å². The highest BCUT2D eigenvalue weighted by Crippen LogP contribution is 2.13. The lowest BCUT2D eigenvalue weighted by Gasteiger charge is -2.09. The summed E-state index contributed by atoms with van der Waals surface area (Å²) in [4.78, 5) is 25.2. The second-order valence-electron chi connectivity index (χ2n) is 5.93. The molecule has 0 radical (unpaired) electrons. The third-order valence-electron chi connectivity index (χ3n) is 3.91. The van der Waals surface area contributed by atoms with E-state index in [1.807, 2.05) is 43.3 Å². The van der Waals surface area contributed by atoms with Crippen LogP contribution in [0.15, 0.2) is 54.9 Å². The van der Waals surface area contributed by atoms with Gasteiger partial charge in [-0.25, -0.2) is 9.97 Å². The molecule has 2 N–H and O–H groups in total. The number of anilines is 2. The largest absolute Gasteiger partial charge is 0.350 e. The second-order valence-corrected chi connectivity index (χ2v) is 5.93. The minimum atomic E-state index is -0.258. The molecule has 2 heterocycles. The highest BCUT2D eigenvalue weighted by molar-refractivity contribution is 6.03. The number of aromatic nitrogens is 3. The van der Waals surface area contributed by atoms with E-state index in [0.29, 0.717) is 18.2 Å². The number of nitrogens with zero attached hydrogens (tertiary/aromatic N) is 3. The van der Waals surface area contributed by atoms with Crippen molar-refractivity contribution in [3.63, 3.8) is 0 Å². The highest BCUT2D eigenvalue weighted by atomic mass is 16.1. The summed E-state index contributed by atoms with van der Waals surface area (Å²) in [5.74, 6) is 0.167. The van der Waals surface area contributed by atoms with Gasteiger partial charge in [-0.15, -0.1) is 0 Å².